The summed E-state index contributed by atoms with van der Waals surface area (Å²) in [5.74, 6) is 0. The van der Waals surface area contributed by atoms with Crippen LogP contribution in [0.2, 0.25) is 0 Å². The Labute approximate surface area is 163 Å². The van der Waals surface area contributed by atoms with E-state index in [2.05, 4.69) is 39.1 Å². The van der Waals surface area contributed by atoms with Gasteiger partial charge in [0.2, 0.25) is 0 Å². The minimum Gasteiger partial charge on any atom is -0.377 e. The summed E-state index contributed by atoms with van der Waals surface area (Å²) in [5.41, 5.74) is 4.20. The smallest absolute Gasteiger partial charge is 0.147 e. The fourth-order valence-corrected chi connectivity index (χ4v) is 2.44. The van der Waals surface area contributed by atoms with Crippen molar-refractivity contribution in [3.8, 4) is 0 Å². The molecule has 0 N–H and O–H groups in total. The van der Waals surface area contributed by atoms with Crippen molar-refractivity contribution in [3.63, 3.8) is 0 Å². The molecule has 0 amide bonds. The highest BCUT2D eigenvalue weighted by molar-refractivity contribution is 5.47. The van der Waals surface area contributed by atoms with Crippen LogP contribution >= 0.6 is 0 Å². The van der Waals surface area contributed by atoms with E-state index in [0.717, 1.165) is 28.7 Å². The number of benzene rings is 2. The molecule has 0 saturated heterocycles. The van der Waals surface area contributed by atoms with Crippen molar-refractivity contribution in [2.24, 2.45) is 0 Å². The van der Waals surface area contributed by atoms with Gasteiger partial charge in [-0.2, -0.15) is 0 Å². The fourth-order valence-electron chi connectivity index (χ4n) is 2.44. The van der Waals surface area contributed by atoms with Gasteiger partial charge in [0.1, 0.15) is 6.79 Å². The maximum atomic E-state index is 5.85. The van der Waals surface area contributed by atoms with Gasteiger partial charge in [-0.05, 0) is 42.5 Å². The molecular weight excluding hydrogens is 336 g/mol. The molecule has 0 unspecified atom stereocenters. The van der Waals surface area contributed by atoms with Crippen molar-refractivity contribution >= 4 is 12.2 Å². The van der Waals surface area contributed by atoms with Crippen LogP contribution in [0.5, 0.6) is 0 Å². The average molecular weight is 367 g/mol. The number of ether oxygens (including phenoxy) is 3. The Morgan fingerprint density at radius 3 is 1.74 bits per heavy atom. The number of hydrogen-bond donors (Lipinski definition) is 0. The highest BCUT2D eigenvalue weighted by atomic mass is 16.7. The second-order valence-corrected chi connectivity index (χ2v) is 7.06. The standard InChI is InChI=1S/C24H30O3/c1-5-20-7-11-22(12-8-20)17-25-16-15-24(3,4)27-19-26-18-23-13-9-21(6-2)10-14-23/h5-14H,1-2,15-19H2,3-4H3. The maximum Gasteiger partial charge on any atom is 0.147 e. The first-order valence-corrected chi connectivity index (χ1v) is 9.24. The summed E-state index contributed by atoms with van der Waals surface area (Å²) in [5, 5.41) is 0. The van der Waals surface area contributed by atoms with Crippen LogP contribution in [0.1, 0.15) is 42.5 Å². The van der Waals surface area contributed by atoms with Crippen molar-refractivity contribution in [2.45, 2.75) is 39.1 Å². The first kappa shape index (κ1) is 21.1. The van der Waals surface area contributed by atoms with E-state index in [1.165, 1.54) is 0 Å². The van der Waals surface area contributed by atoms with Gasteiger partial charge in [-0.1, -0.05) is 73.8 Å². The molecule has 0 aromatic heterocycles. The van der Waals surface area contributed by atoms with Gasteiger partial charge in [0.25, 0.3) is 0 Å². The van der Waals surface area contributed by atoms with Crippen LogP contribution in [0.25, 0.3) is 12.2 Å². The number of hydrogen-bond acceptors (Lipinski definition) is 3. The first-order valence-electron chi connectivity index (χ1n) is 9.24. The van der Waals surface area contributed by atoms with Gasteiger partial charge in [0.15, 0.2) is 0 Å². The van der Waals surface area contributed by atoms with E-state index in [9.17, 15) is 0 Å². The molecule has 2 aromatic carbocycles. The molecule has 0 heterocycles. The fraction of sp³-hybridized carbons (Fsp3) is 0.333. The largest absolute Gasteiger partial charge is 0.377 e. The lowest BCUT2D eigenvalue weighted by Gasteiger charge is -2.25. The summed E-state index contributed by atoms with van der Waals surface area (Å²) in [7, 11) is 0. The SMILES string of the molecule is C=Cc1ccc(COCCC(C)(C)OCOCc2ccc(C=C)cc2)cc1. The topological polar surface area (TPSA) is 27.7 Å². The Hall–Kier alpha value is -2.20. The van der Waals surface area contributed by atoms with Crippen LogP contribution in [0.4, 0.5) is 0 Å². The van der Waals surface area contributed by atoms with Gasteiger partial charge in [0, 0.05) is 6.61 Å². The van der Waals surface area contributed by atoms with Crippen LogP contribution in [-0.4, -0.2) is 19.0 Å². The lowest BCUT2D eigenvalue weighted by molar-refractivity contribution is -0.140. The molecule has 0 atom stereocenters. The summed E-state index contributed by atoms with van der Waals surface area (Å²) in [6.07, 6.45) is 4.46. The summed E-state index contributed by atoms with van der Waals surface area (Å²) in [4.78, 5) is 0. The third-order valence-corrected chi connectivity index (χ3v) is 4.35. The molecule has 0 radical (unpaired) electrons. The quantitative estimate of drug-likeness (QED) is 0.348. The second kappa shape index (κ2) is 10.8. The molecule has 144 valence electrons. The molecule has 0 bridgehead atoms. The first-order chi connectivity index (χ1) is 13.0. The van der Waals surface area contributed by atoms with Crippen LogP contribution in [-0.2, 0) is 27.4 Å². The Morgan fingerprint density at radius 2 is 1.26 bits per heavy atom. The minimum absolute atomic E-state index is 0.263. The van der Waals surface area contributed by atoms with Gasteiger partial charge in [0.05, 0.1) is 18.8 Å². The van der Waals surface area contributed by atoms with E-state index in [1.54, 1.807) is 0 Å². The molecule has 0 saturated carbocycles. The zero-order chi connectivity index (χ0) is 19.5. The molecule has 0 aliphatic carbocycles. The highest BCUT2D eigenvalue weighted by Crippen LogP contribution is 2.16. The van der Waals surface area contributed by atoms with Crippen molar-refractivity contribution in [3.05, 3.63) is 83.9 Å². The predicted molar refractivity (Wildman–Crippen MR) is 112 cm³/mol. The lowest BCUT2D eigenvalue weighted by atomic mass is 10.1. The third-order valence-electron chi connectivity index (χ3n) is 4.35. The molecule has 3 heteroatoms. The van der Waals surface area contributed by atoms with Gasteiger partial charge in [-0.15, -0.1) is 0 Å². The molecule has 2 aromatic rings. The predicted octanol–water partition coefficient (Wildman–Crippen LogP) is 5.85. The monoisotopic (exact) mass is 366 g/mol. The summed E-state index contributed by atoms with van der Waals surface area (Å²) in [6.45, 7) is 13.7. The zero-order valence-corrected chi connectivity index (χ0v) is 16.4. The van der Waals surface area contributed by atoms with E-state index in [-0.39, 0.29) is 12.4 Å². The molecule has 0 aliphatic heterocycles. The van der Waals surface area contributed by atoms with Crippen LogP contribution in [0, 0.1) is 0 Å². The van der Waals surface area contributed by atoms with Crippen molar-refractivity contribution < 1.29 is 14.2 Å². The molecule has 3 nitrogen and oxygen atoms in total. The van der Waals surface area contributed by atoms with Gasteiger partial charge >= 0.3 is 0 Å². The molecule has 0 aliphatic rings. The van der Waals surface area contributed by atoms with E-state index >= 15 is 0 Å². The van der Waals surface area contributed by atoms with E-state index in [4.69, 9.17) is 14.2 Å². The normalized spacial score (nSPS) is 11.3. The van der Waals surface area contributed by atoms with Crippen molar-refractivity contribution in [2.75, 3.05) is 13.4 Å². The third kappa shape index (κ3) is 7.92. The van der Waals surface area contributed by atoms with Crippen molar-refractivity contribution in [1.82, 2.24) is 0 Å². The van der Waals surface area contributed by atoms with Gasteiger partial charge in [-0.3, -0.25) is 0 Å². The summed E-state index contributed by atoms with van der Waals surface area (Å²) >= 11 is 0. The summed E-state index contributed by atoms with van der Waals surface area (Å²) in [6, 6.07) is 16.3. The summed E-state index contributed by atoms with van der Waals surface area (Å²) < 4.78 is 17.3. The van der Waals surface area contributed by atoms with E-state index in [0.29, 0.717) is 19.8 Å². The Kier molecular flexibility index (Phi) is 8.46. The lowest BCUT2D eigenvalue weighted by Crippen LogP contribution is -2.27. The molecule has 0 spiro atoms. The number of rotatable bonds is 12. The second-order valence-electron chi connectivity index (χ2n) is 7.06. The van der Waals surface area contributed by atoms with Gasteiger partial charge in [-0.25, -0.2) is 0 Å². The van der Waals surface area contributed by atoms with Crippen LogP contribution in [0.15, 0.2) is 61.7 Å². The maximum absolute atomic E-state index is 5.85. The average Bonchev–Trinajstić information content (AvgIpc) is 2.69. The molecule has 27 heavy (non-hydrogen) atoms. The molecular formula is C24H30O3. The Morgan fingerprint density at radius 1 is 0.778 bits per heavy atom. The molecule has 2 rings (SSSR count). The minimum atomic E-state index is -0.292. The van der Waals surface area contributed by atoms with Crippen molar-refractivity contribution in [1.29, 1.82) is 0 Å². The van der Waals surface area contributed by atoms with E-state index in [1.807, 2.05) is 48.6 Å². The van der Waals surface area contributed by atoms with Crippen LogP contribution < -0.4 is 0 Å². The highest BCUT2D eigenvalue weighted by Gasteiger charge is 2.18. The zero-order valence-electron chi connectivity index (χ0n) is 16.4. The van der Waals surface area contributed by atoms with Gasteiger partial charge < -0.3 is 14.2 Å². The Balaban J connectivity index is 1.60. The van der Waals surface area contributed by atoms with Crippen LogP contribution in [0.3, 0.4) is 0 Å². The van der Waals surface area contributed by atoms with E-state index < -0.39 is 0 Å². The Bertz CT molecular complexity index is 638. The molecule has 0 fully saturated rings.